The van der Waals surface area contributed by atoms with Crippen LogP contribution in [-0.2, 0) is 11.3 Å². The molecule has 0 spiro atoms. The highest BCUT2D eigenvalue weighted by Crippen LogP contribution is 2.24. The van der Waals surface area contributed by atoms with Gasteiger partial charge in [0.1, 0.15) is 0 Å². The average molecular weight is 346 g/mol. The Kier molecular flexibility index (Phi) is 6.65. The first-order chi connectivity index (χ1) is 10.3. The van der Waals surface area contributed by atoms with Gasteiger partial charge in [0.05, 0.1) is 11.5 Å². The van der Waals surface area contributed by atoms with E-state index in [1.807, 2.05) is 16.3 Å². The number of thiophene rings is 1. The number of methoxy groups -OCH3 is 1. The molecule has 1 aromatic rings. The van der Waals surface area contributed by atoms with Gasteiger partial charge in [-0.2, -0.15) is 0 Å². The number of rotatable bonds is 4. The lowest BCUT2D eigenvalue weighted by atomic mass is 10.2. The Morgan fingerprint density at radius 3 is 2.91 bits per heavy atom. The standard InChI is InChI=1S/C15H23N3O2S.ClH/c1-20-11-12-3-9-21-14(12)15(19)18-6-2-13(10-18)17-7-4-16-5-8-17;/h3,9,13,16H,2,4-8,10-11H2,1H3;1H. The topological polar surface area (TPSA) is 44.8 Å². The molecule has 1 N–H and O–H groups in total. The molecule has 5 nitrogen and oxygen atoms in total. The smallest absolute Gasteiger partial charge is 0.264 e. The number of piperazine rings is 1. The van der Waals surface area contributed by atoms with Gasteiger partial charge in [-0.25, -0.2) is 0 Å². The van der Waals surface area contributed by atoms with Crippen molar-refractivity contribution in [1.82, 2.24) is 15.1 Å². The fourth-order valence-corrected chi connectivity index (χ4v) is 4.08. The maximum absolute atomic E-state index is 12.7. The van der Waals surface area contributed by atoms with Crippen molar-refractivity contribution in [3.05, 3.63) is 21.9 Å². The van der Waals surface area contributed by atoms with E-state index in [2.05, 4.69) is 10.2 Å². The van der Waals surface area contributed by atoms with Crippen molar-refractivity contribution in [2.75, 3.05) is 46.4 Å². The second-order valence-electron chi connectivity index (χ2n) is 5.69. The van der Waals surface area contributed by atoms with Crippen molar-refractivity contribution in [1.29, 1.82) is 0 Å². The van der Waals surface area contributed by atoms with E-state index in [0.717, 1.165) is 56.1 Å². The molecule has 22 heavy (non-hydrogen) atoms. The first-order valence-corrected chi connectivity index (χ1v) is 8.47. The number of ether oxygens (including phenoxy) is 1. The summed E-state index contributed by atoms with van der Waals surface area (Å²) in [5.41, 5.74) is 1.01. The van der Waals surface area contributed by atoms with E-state index >= 15 is 0 Å². The molecule has 1 amide bonds. The molecule has 1 atom stereocenters. The van der Waals surface area contributed by atoms with Crippen LogP contribution in [0.5, 0.6) is 0 Å². The minimum atomic E-state index is 0. The molecular weight excluding hydrogens is 322 g/mol. The largest absolute Gasteiger partial charge is 0.380 e. The van der Waals surface area contributed by atoms with Gasteiger partial charge < -0.3 is 15.0 Å². The number of carbonyl (C=O) groups is 1. The Balaban J connectivity index is 0.00000176. The molecule has 1 unspecified atom stereocenters. The molecular formula is C15H24ClN3O2S. The van der Waals surface area contributed by atoms with E-state index in [0.29, 0.717) is 12.6 Å². The molecule has 1 aromatic heterocycles. The maximum Gasteiger partial charge on any atom is 0.264 e. The fourth-order valence-electron chi connectivity index (χ4n) is 3.21. The summed E-state index contributed by atoms with van der Waals surface area (Å²) in [6.07, 6.45) is 1.09. The van der Waals surface area contributed by atoms with Crippen molar-refractivity contribution in [3.63, 3.8) is 0 Å². The predicted molar refractivity (Wildman–Crippen MR) is 91.0 cm³/mol. The summed E-state index contributed by atoms with van der Waals surface area (Å²) in [5, 5.41) is 5.36. The van der Waals surface area contributed by atoms with Crippen LogP contribution in [0.4, 0.5) is 0 Å². The van der Waals surface area contributed by atoms with Crippen LogP contribution in [0.3, 0.4) is 0 Å². The Morgan fingerprint density at radius 2 is 2.18 bits per heavy atom. The highest BCUT2D eigenvalue weighted by molar-refractivity contribution is 7.12. The lowest BCUT2D eigenvalue weighted by molar-refractivity contribution is 0.0774. The molecule has 2 saturated heterocycles. The van der Waals surface area contributed by atoms with Gasteiger partial charge in [-0.05, 0) is 17.9 Å². The van der Waals surface area contributed by atoms with Crippen molar-refractivity contribution in [2.45, 2.75) is 19.1 Å². The van der Waals surface area contributed by atoms with Crippen LogP contribution in [0, 0.1) is 0 Å². The van der Waals surface area contributed by atoms with E-state index in [1.54, 1.807) is 7.11 Å². The van der Waals surface area contributed by atoms with Crippen LogP contribution < -0.4 is 5.32 Å². The van der Waals surface area contributed by atoms with Gasteiger partial charge >= 0.3 is 0 Å². The first kappa shape index (κ1) is 17.7. The number of hydrogen-bond acceptors (Lipinski definition) is 5. The zero-order chi connectivity index (χ0) is 14.7. The van der Waals surface area contributed by atoms with Crippen LogP contribution in [0.2, 0.25) is 0 Å². The fraction of sp³-hybridized carbons (Fsp3) is 0.667. The van der Waals surface area contributed by atoms with Crippen molar-refractivity contribution in [2.24, 2.45) is 0 Å². The molecule has 7 heteroatoms. The van der Waals surface area contributed by atoms with Crippen LogP contribution >= 0.6 is 23.7 Å². The van der Waals surface area contributed by atoms with E-state index in [-0.39, 0.29) is 18.3 Å². The number of nitrogens with zero attached hydrogens (tertiary/aromatic N) is 2. The quantitative estimate of drug-likeness (QED) is 0.896. The Bertz CT molecular complexity index is 491. The van der Waals surface area contributed by atoms with E-state index < -0.39 is 0 Å². The van der Waals surface area contributed by atoms with E-state index in [4.69, 9.17) is 4.74 Å². The Labute approximate surface area is 142 Å². The third kappa shape index (κ3) is 3.81. The van der Waals surface area contributed by atoms with Gasteiger partial charge in [0.15, 0.2) is 0 Å². The summed E-state index contributed by atoms with van der Waals surface area (Å²) in [4.78, 5) is 18.1. The first-order valence-electron chi connectivity index (χ1n) is 7.59. The van der Waals surface area contributed by atoms with Crippen molar-refractivity contribution in [3.8, 4) is 0 Å². The van der Waals surface area contributed by atoms with Crippen LogP contribution in [0.1, 0.15) is 21.7 Å². The number of carbonyl (C=O) groups excluding carboxylic acids is 1. The molecule has 3 rings (SSSR count). The zero-order valence-corrected chi connectivity index (χ0v) is 14.5. The molecule has 0 radical (unpaired) electrons. The summed E-state index contributed by atoms with van der Waals surface area (Å²) >= 11 is 1.53. The highest BCUT2D eigenvalue weighted by Gasteiger charge is 2.32. The molecule has 0 bridgehead atoms. The summed E-state index contributed by atoms with van der Waals surface area (Å²) in [5.74, 6) is 0.176. The van der Waals surface area contributed by atoms with E-state index in [1.165, 1.54) is 11.3 Å². The summed E-state index contributed by atoms with van der Waals surface area (Å²) in [7, 11) is 1.67. The summed E-state index contributed by atoms with van der Waals surface area (Å²) < 4.78 is 5.18. The lowest BCUT2D eigenvalue weighted by Gasteiger charge is -2.32. The van der Waals surface area contributed by atoms with Gasteiger partial charge in [-0.3, -0.25) is 9.69 Å². The molecule has 2 aliphatic rings. The Morgan fingerprint density at radius 1 is 1.41 bits per heavy atom. The normalized spacial score (nSPS) is 22.6. The van der Waals surface area contributed by atoms with Gasteiger partial charge in [0, 0.05) is 58.0 Å². The van der Waals surface area contributed by atoms with Gasteiger partial charge in [-0.1, -0.05) is 0 Å². The van der Waals surface area contributed by atoms with Crippen molar-refractivity contribution < 1.29 is 9.53 Å². The number of hydrogen-bond donors (Lipinski definition) is 1. The monoisotopic (exact) mass is 345 g/mol. The molecule has 124 valence electrons. The van der Waals surface area contributed by atoms with Crippen LogP contribution in [0.25, 0.3) is 0 Å². The molecule has 2 fully saturated rings. The lowest BCUT2D eigenvalue weighted by Crippen LogP contribution is -2.49. The predicted octanol–water partition coefficient (Wildman–Crippen LogP) is 1.44. The molecule has 0 saturated carbocycles. The number of nitrogens with one attached hydrogen (secondary N) is 1. The van der Waals surface area contributed by atoms with Crippen molar-refractivity contribution >= 4 is 29.7 Å². The third-order valence-electron chi connectivity index (χ3n) is 4.36. The molecule has 0 aliphatic carbocycles. The zero-order valence-electron chi connectivity index (χ0n) is 12.9. The van der Waals surface area contributed by atoms with Gasteiger partial charge in [0.2, 0.25) is 0 Å². The summed E-state index contributed by atoms with van der Waals surface area (Å²) in [6.45, 7) is 6.57. The highest BCUT2D eigenvalue weighted by atomic mass is 35.5. The molecule has 3 heterocycles. The molecule has 2 aliphatic heterocycles. The second kappa shape index (κ2) is 8.26. The average Bonchev–Trinajstić information content (AvgIpc) is 3.17. The van der Waals surface area contributed by atoms with Gasteiger partial charge in [-0.15, -0.1) is 23.7 Å². The third-order valence-corrected chi connectivity index (χ3v) is 5.30. The minimum absolute atomic E-state index is 0. The maximum atomic E-state index is 12.7. The minimum Gasteiger partial charge on any atom is -0.380 e. The van der Waals surface area contributed by atoms with Crippen LogP contribution in [-0.4, -0.2) is 68.1 Å². The number of likely N-dealkylation sites (tertiary alicyclic amines) is 1. The van der Waals surface area contributed by atoms with Crippen LogP contribution in [0.15, 0.2) is 11.4 Å². The number of halogens is 1. The second-order valence-corrected chi connectivity index (χ2v) is 6.60. The van der Waals surface area contributed by atoms with Gasteiger partial charge in [0.25, 0.3) is 5.91 Å². The van der Waals surface area contributed by atoms with E-state index in [9.17, 15) is 4.79 Å². The molecule has 0 aromatic carbocycles. The summed E-state index contributed by atoms with van der Waals surface area (Å²) in [6, 6.07) is 2.52. The Hall–Kier alpha value is -0.660. The SMILES string of the molecule is COCc1ccsc1C(=O)N1CCC(N2CCNCC2)C1.Cl. The number of amides is 1.